The minimum absolute atomic E-state index is 0.0923. The molecule has 0 saturated carbocycles. The normalized spacial score (nSPS) is 11.0. The number of para-hydroxylation sites is 2. The summed E-state index contributed by atoms with van der Waals surface area (Å²) in [6.45, 7) is 0.896. The highest BCUT2D eigenvalue weighted by Gasteiger charge is 2.17. The molecule has 0 unspecified atom stereocenters. The molecule has 3 N–H and O–H groups in total. The van der Waals surface area contributed by atoms with Crippen molar-refractivity contribution in [3.8, 4) is 6.07 Å². The Morgan fingerprint density at radius 3 is 2.40 bits per heavy atom. The average molecular weight is 335 g/mol. The molecule has 0 aliphatic heterocycles. The minimum atomic E-state index is -0.667. The van der Waals surface area contributed by atoms with Gasteiger partial charge in [-0.2, -0.15) is 5.26 Å². The van der Waals surface area contributed by atoms with Gasteiger partial charge in [-0.1, -0.05) is 30.3 Å². The summed E-state index contributed by atoms with van der Waals surface area (Å²) in [6.07, 6.45) is 0. The lowest BCUT2D eigenvalue weighted by Gasteiger charge is -2.11. The van der Waals surface area contributed by atoms with Gasteiger partial charge in [-0.05, 0) is 31.2 Å². The van der Waals surface area contributed by atoms with Gasteiger partial charge in [0.2, 0.25) is 5.78 Å². The molecule has 0 radical (unpaired) electrons. The molecule has 126 valence electrons. The number of hydrogen-bond acceptors (Lipinski definition) is 6. The van der Waals surface area contributed by atoms with Crippen LogP contribution in [0.5, 0.6) is 0 Å². The van der Waals surface area contributed by atoms with Crippen molar-refractivity contribution in [3.05, 3.63) is 71.4 Å². The van der Waals surface area contributed by atoms with Gasteiger partial charge in [0.1, 0.15) is 11.6 Å². The molecule has 0 aliphatic carbocycles. The van der Waals surface area contributed by atoms with Gasteiger partial charge in [0, 0.05) is 11.4 Å². The molecule has 0 spiro atoms. The van der Waals surface area contributed by atoms with Gasteiger partial charge in [-0.25, -0.2) is 4.79 Å². The van der Waals surface area contributed by atoms with Crippen molar-refractivity contribution in [1.29, 1.82) is 5.26 Å². The van der Waals surface area contributed by atoms with E-state index < -0.39 is 18.4 Å². The molecule has 0 aromatic heterocycles. The number of nitrogens with zero attached hydrogens (tertiary/aromatic N) is 1. The first-order valence-corrected chi connectivity index (χ1v) is 7.50. The van der Waals surface area contributed by atoms with Crippen molar-refractivity contribution in [1.82, 2.24) is 0 Å². The lowest BCUT2D eigenvalue weighted by Crippen LogP contribution is -2.18. The first-order valence-electron chi connectivity index (χ1n) is 7.50. The summed E-state index contributed by atoms with van der Waals surface area (Å²) in [7, 11) is 0. The van der Waals surface area contributed by atoms with Crippen molar-refractivity contribution < 1.29 is 14.3 Å². The zero-order valence-corrected chi connectivity index (χ0v) is 13.7. The fourth-order valence-corrected chi connectivity index (χ4v) is 2.10. The predicted molar refractivity (Wildman–Crippen MR) is 94.0 cm³/mol. The highest BCUT2D eigenvalue weighted by Crippen LogP contribution is 2.21. The van der Waals surface area contributed by atoms with Crippen LogP contribution in [0.25, 0.3) is 0 Å². The SMILES string of the molecule is C/C(N)=C(/C#N)C(=O)COC(=O)c1ccccc1Nc1ccccc1. The number of carbonyl (C=O) groups excluding carboxylic acids is 2. The van der Waals surface area contributed by atoms with E-state index in [1.54, 1.807) is 30.3 Å². The molecule has 0 heterocycles. The molecular weight excluding hydrogens is 318 g/mol. The average Bonchev–Trinajstić information content (AvgIpc) is 2.61. The van der Waals surface area contributed by atoms with Gasteiger partial charge in [0.15, 0.2) is 6.61 Å². The molecule has 0 bridgehead atoms. The van der Waals surface area contributed by atoms with Gasteiger partial charge in [-0.3, -0.25) is 4.79 Å². The van der Waals surface area contributed by atoms with Crippen molar-refractivity contribution in [2.45, 2.75) is 6.92 Å². The Hall–Kier alpha value is -3.59. The van der Waals surface area contributed by atoms with E-state index in [4.69, 9.17) is 15.7 Å². The zero-order valence-electron chi connectivity index (χ0n) is 13.7. The molecule has 6 nitrogen and oxygen atoms in total. The second-order valence-electron chi connectivity index (χ2n) is 5.21. The molecule has 0 aliphatic rings. The number of nitrogens with two attached hydrogens (primary N) is 1. The Kier molecular flexibility index (Phi) is 5.91. The van der Waals surface area contributed by atoms with Crippen LogP contribution < -0.4 is 11.1 Å². The van der Waals surface area contributed by atoms with Gasteiger partial charge in [0.25, 0.3) is 0 Å². The van der Waals surface area contributed by atoms with Crippen molar-refractivity contribution in [2.75, 3.05) is 11.9 Å². The summed E-state index contributed by atoms with van der Waals surface area (Å²) in [6, 6.07) is 17.8. The highest BCUT2D eigenvalue weighted by atomic mass is 16.5. The van der Waals surface area contributed by atoms with Crippen LogP contribution in [0.1, 0.15) is 17.3 Å². The number of ether oxygens (including phenoxy) is 1. The van der Waals surface area contributed by atoms with Gasteiger partial charge in [-0.15, -0.1) is 0 Å². The van der Waals surface area contributed by atoms with Crippen molar-refractivity contribution in [3.63, 3.8) is 0 Å². The number of benzene rings is 2. The van der Waals surface area contributed by atoms with E-state index in [1.165, 1.54) is 6.92 Å². The molecule has 2 aromatic rings. The zero-order chi connectivity index (χ0) is 18.2. The van der Waals surface area contributed by atoms with E-state index in [9.17, 15) is 9.59 Å². The minimum Gasteiger partial charge on any atom is -0.454 e. The molecule has 0 atom stereocenters. The molecule has 2 aromatic carbocycles. The maximum absolute atomic E-state index is 12.3. The Bertz CT molecular complexity index is 848. The number of Topliss-reactive ketones (excluding diaryl/α,β-unsaturated/α-hetero) is 1. The maximum Gasteiger partial charge on any atom is 0.340 e. The number of ketones is 1. The van der Waals surface area contributed by atoms with Crippen LogP contribution >= 0.6 is 0 Å². The molecule has 0 amide bonds. The van der Waals surface area contributed by atoms with Crippen LogP contribution in [0.3, 0.4) is 0 Å². The topological polar surface area (TPSA) is 105 Å². The monoisotopic (exact) mass is 335 g/mol. The number of rotatable bonds is 6. The van der Waals surface area contributed by atoms with Crippen molar-refractivity contribution in [2.24, 2.45) is 5.73 Å². The Morgan fingerprint density at radius 2 is 1.76 bits per heavy atom. The smallest absolute Gasteiger partial charge is 0.340 e. The Morgan fingerprint density at radius 1 is 1.12 bits per heavy atom. The molecule has 0 fully saturated rings. The highest BCUT2D eigenvalue weighted by molar-refractivity contribution is 6.03. The number of nitrogens with one attached hydrogen (secondary N) is 1. The number of anilines is 2. The van der Waals surface area contributed by atoms with Crippen LogP contribution in [-0.2, 0) is 9.53 Å². The van der Waals surface area contributed by atoms with Crippen LogP contribution in [0.2, 0.25) is 0 Å². The summed E-state index contributed by atoms with van der Waals surface area (Å²) >= 11 is 0. The van der Waals surface area contributed by atoms with Gasteiger partial charge < -0.3 is 15.8 Å². The number of esters is 1. The standard InChI is InChI=1S/C19H17N3O3/c1-13(21)16(11-20)18(23)12-25-19(24)15-9-5-6-10-17(15)22-14-7-3-2-4-8-14/h2-10,22H,12,21H2,1H3/b16-13+. The number of carbonyl (C=O) groups is 2. The van der Waals surface area contributed by atoms with Crippen LogP contribution in [0.15, 0.2) is 65.9 Å². The maximum atomic E-state index is 12.3. The predicted octanol–water partition coefficient (Wildman–Crippen LogP) is 2.91. The Balaban J connectivity index is 2.11. The summed E-state index contributed by atoms with van der Waals surface area (Å²) < 4.78 is 5.03. The molecule has 2 rings (SSSR count). The third kappa shape index (κ3) is 4.69. The fourth-order valence-electron chi connectivity index (χ4n) is 2.10. The summed E-state index contributed by atoms with van der Waals surface area (Å²) in [5.41, 5.74) is 7.00. The first kappa shape index (κ1) is 17.8. The molecule has 6 heteroatoms. The van der Waals surface area contributed by atoms with E-state index in [1.807, 2.05) is 30.3 Å². The van der Waals surface area contributed by atoms with E-state index in [-0.39, 0.29) is 16.8 Å². The lowest BCUT2D eigenvalue weighted by atomic mass is 10.1. The number of hydrogen-bond donors (Lipinski definition) is 2. The van der Waals surface area contributed by atoms with Gasteiger partial charge >= 0.3 is 5.97 Å². The lowest BCUT2D eigenvalue weighted by molar-refractivity contribution is -0.118. The fraction of sp³-hybridized carbons (Fsp3) is 0.105. The third-order valence-electron chi connectivity index (χ3n) is 3.32. The number of nitriles is 1. The van der Waals surface area contributed by atoms with Crippen LogP contribution in [0, 0.1) is 11.3 Å². The summed E-state index contributed by atoms with van der Waals surface area (Å²) in [5, 5.41) is 12.0. The molecule has 0 saturated heterocycles. The second-order valence-corrected chi connectivity index (χ2v) is 5.21. The first-order chi connectivity index (χ1) is 12.0. The van der Waals surface area contributed by atoms with E-state index in [2.05, 4.69) is 5.32 Å². The quantitative estimate of drug-likeness (QED) is 0.478. The van der Waals surface area contributed by atoms with Gasteiger partial charge in [0.05, 0.1) is 11.3 Å². The van der Waals surface area contributed by atoms with Crippen LogP contribution in [-0.4, -0.2) is 18.4 Å². The third-order valence-corrected chi connectivity index (χ3v) is 3.32. The number of allylic oxidation sites excluding steroid dienone is 1. The molecular formula is C19H17N3O3. The Labute approximate surface area is 145 Å². The second kappa shape index (κ2) is 8.31. The van der Waals surface area contributed by atoms with E-state index in [0.29, 0.717) is 5.69 Å². The van der Waals surface area contributed by atoms with Crippen molar-refractivity contribution >= 4 is 23.1 Å². The van der Waals surface area contributed by atoms with Crippen LogP contribution in [0.4, 0.5) is 11.4 Å². The summed E-state index contributed by atoms with van der Waals surface area (Å²) in [5.74, 6) is -1.30. The summed E-state index contributed by atoms with van der Waals surface area (Å²) in [4.78, 5) is 24.2. The molecule has 25 heavy (non-hydrogen) atoms. The largest absolute Gasteiger partial charge is 0.454 e. The van der Waals surface area contributed by atoms with E-state index >= 15 is 0 Å². The van der Waals surface area contributed by atoms with E-state index in [0.717, 1.165) is 5.69 Å².